The van der Waals surface area contributed by atoms with Gasteiger partial charge < -0.3 is 0 Å². The summed E-state index contributed by atoms with van der Waals surface area (Å²) in [6.45, 7) is 0. The summed E-state index contributed by atoms with van der Waals surface area (Å²) in [5.74, 6) is 1.87. The molecule has 0 saturated heterocycles. The molecule has 0 unspecified atom stereocenters. The third-order valence-corrected chi connectivity index (χ3v) is 10.2. The molecule has 0 fully saturated rings. The van der Waals surface area contributed by atoms with Crippen LogP contribution in [0.2, 0.25) is 0 Å². The second-order valence-electron chi connectivity index (χ2n) is 12.8. The SMILES string of the molecule is c1ccc(-c2nc(-c3ccccc3)nc(-n3c4ccccc4c4cc(C5(c6ccccc6)c6ccccc6-c6ccccc65)ccc43)n2)cc1. The molecule has 7 aromatic carbocycles. The van der Waals surface area contributed by atoms with Gasteiger partial charge >= 0.3 is 0 Å². The predicted octanol–water partition coefficient (Wildman–Crippen LogP) is 10.7. The average Bonchev–Trinajstić information content (AvgIpc) is 3.69. The van der Waals surface area contributed by atoms with Gasteiger partial charge in [0.15, 0.2) is 11.6 Å². The summed E-state index contributed by atoms with van der Waals surface area (Å²) < 4.78 is 2.20. The number of fused-ring (bicyclic) bond motifs is 6. The summed E-state index contributed by atoms with van der Waals surface area (Å²) in [7, 11) is 0. The van der Waals surface area contributed by atoms with Crippen LogP contribution in [0.15, 0.2) is 182 Å². The molecule has 50 heavy (non-hydrogen) atoms. The number of hydrogen-bond donors (Lipinski definition) is 0. The number of para-hydroxylation sites is 1. The van der Waals surface area contributed by atoms with Gasteiger partial charge in [0.25, 0.3) is 0 Å². The van der Waals surface area contributed by atoms with Crippen LogP contribution < -0.4 is 0 Å². The number of benzene rings is 7. The molecule has 9 aromatic rings. The zero-order valence-corrected chi connectivity index (χ0v) is 27.1. The van der Waals surface area contributed by atoms with Crippen molar-refractivity contribution in [2.24, 2.45) is 0 Å². The highest BCUT2D eigenvalue weighted by Gasteiger charge is 2.46. The maximum absolute atomic E-state index is 5.13. The van der Waals surface area contributed by atoms with Gasteiger partial charge in [-0.25, -0.2) is 4.98 Å². The van der Waals surface area contributed by atoms with Gasteiger partial charge in [-0.05, 0) is 51.6 Å². The molecule has 0 saturated carbocycles. The van der Waals surface area contributed by atoms with Crippen LogP contribution in [0.5, 0.6) is 0 Å². The Kier molecular flexibility index (Phi) is 6.36. The van der Waals surface area contributed by atoms with Crippen LogP contribution in [0.1, 0.15) is 22.3 Å². The van der Waals surface area contributed by atoms with Gasteiger partial charge in [0.2, 0.25) is 5.95 Å². The van der Waals surface area contributed by atoms with Crippen molar-refractivity contribution in [1.82, 2.24) is 19.5 Å². The van der Waals surface area contributed by atoms with Crippen LogP contribution in [-0.4, -0.2) is 19.5 Å². The van der Waals surface area contributed by atoms with E-state index in [4.69, 9.17) is 15.0 Å². The molecular formula is C46H30N4. The van der Waals surface area contributed by atoms with Crippen LogP contribution in [0, 0.1) is 0 Å². The van der Waals surface area contributed by atoms with Crippen molar-refractivity contribution in [3.05, 3.63) is 204 Å². The Morgan fingerprint density at radius 2 is 0.880 bits per heavy atom. The van der Waals surface area contributed by atoms with Crippen molar-refractivity contribution in [3.63, 3.8) is 0 Å². The van der Waals surface area contributed by atoms with E-state index in [9.17, 15) is 0 Å². The molecule has 10 rings (SSSR count). The maximum atomic E-state index is 5.13. The quantitative estimate of drug-likeness (QED) is 0.188. The van der Waals surface area contributed by atoms with Crippen molar-refractivity contribution < 1.29 is 0 Å². The highest BCUT2D eigenvalue weighted by molar-refractivity contribution is 6.09. The number of rotatable bonds is 5. The van der Waals surface area contributed by atoms with Crippen molar-refractivity contribution in [1.29, 1.82) is 0 Å². The summed E-state index contributed by atoms with van der Waals surface area (Å²) in [5.41, 5.74) is 11.1. The first-order valence-corrected chi connectivity index (χ1v) is 17.0. The van der Waals surface area contributed by atoms with E-state index in [-0.39, 0.29) is 0 Å². The van der Waals surface area contributed by atoms with E-state index in [1.165, 1.54) is 33.4 Å². The number of nitrogens with zero attached hydrogens (tertiary/aromatic N) is 4. The van der Waals surface area contributed by atoms with Gasteiger partial charge in [0.1, 0.15) is 0 Å². The van der Waals surface area contributed by atoms with E-state index in [1.807, 2.05) is 60.7 Å². The van der Waals surface area contributed by atoms with Crippen molar-refractivity contribution in [2.45, 2.75) is 5.41 Å². The number of aromatic nitrogens is 4. The maximum Gasteiger partial charge on any atom is 0.238 e. The first-order valence-electron chi connectivity index (χ1n) is 17.0. The Balaban J connectivity index is 1.27. The van der Waals surface area contributed by atoms with E-state index >= 15 is 0 Å². The Morgan fingerprint density at radius 3 is 1.50 bits per heavy atom. The van der Waals surface area contributed by atoms with Gasteiger partial charge in [-0.15, -0.1) is 0 Å². The summed E-state index contributed by atoms with van der Waals surface area (Å²) in [6, 6.07) is 64.5. The van der Waals surface area contributed by atoms with Crippen molar-refractivity contribution >= 4 is 21.8 Å². The standard InChI is InChI=1S/C46H30N4/c1-4-16-31(17-5-1)43-47-44(32-18-6-2-7-19-32)49-45(48-43)50-41-27-15-12-24-37(41)38-30-34(28-29-42(38)50)46(33-20-8-3-9-21-33)39-25-13-10-22-35(39)36-23-11-14-26-40(36)46/h1-30H. The van der Waals surface area contributed by atoms with Crippen molar-refractivity contribution in [3.8, 4) is 39.9 Å². The van der Waals surface area contributed by atoms with Crippen LogP contribution in [0.3, 0.4) is 0 Å². The van der Waals surface area contributed by atoms with E-state index in [0.29, 0.717) is 17.6 Å². The Labute approximate surface area is 290 Å². The zero-order chi connectivity index (χ0) is 33.1. The van der Waals surface area contributed by atoms with E-state index in [0.717, 1.165) is 32.9 Å². The fourth-order valence-electron chi connectivity index (χ4n) is 8.03. The molecule has 0 aliphatic heterocycles. The third-order valence-electron chi connectivity index (χ3n) is 10.2. The largest absolute Gasteiger partial charge is 0.278 e. The molecule has 0 spiro atoms. The second kappa shape index (κ2) is 11.2. The van der Waals surface area contributed by atoms with Crippen molar-refractivity contribution in [2.75, 3.05) is 0 Å². The minimum Gasteiger partial charge on any atom is -0.278 e. The fourth-order valence-corrected chi connectivity index (χ4v) is 8.03. The molecule has 2 heterocycles. The van der Waals surface area contributed by atoms with E-state index < -0.39 is 5.41 Å². The lowest BCUT2D eigenvalue weighted by Crippen LogP contribution is -2.28. The molecule has 0 bridgehead atoms. The van der Waals surface area contributed by atoms with Gasteiger partial charge in [0.05, 0.1) is 16.4 Å². The Morgan fingerprint density at radius 1 is 0.380 bits per heavy atom. The third kappa shape index (κ3) is 4.15. The lowest BCUT2D eigenvalue weighted by molar-refractivity contribution is 0.770. The molecule has 4 nitrogen and oxygen atoms in total. The Hall–Kier alpha value is -6.65. The Bertz CT molecular complexity index is 2590. The lowest BCUT2D eigenvalue weighted by atomic mass is 9.67. The zero-order valence-electron chi connectivity index (χ0n) is 27.1. The van der Waals surface area contributed by atoms with Crippen LogP contribution in [0.25, 0.3) is 61.7 Å². The molecule has 1 aliphatic rings. The first kappa shape index (κ1) is 28.4. The van der Waals surface area contributed by atoms with Gasteiger partial charge in [0, 0.05) is 21.9 Å². The van der Waals surface area contributed by atoms with Gasteiger partial charge in [-0.2, -0.15) is 9.97 Å². The molecule has 0 amide bonds. The smallest absolute Gasteiger partial charge is 0.238 e. The van der Waals surface area contributed by atoms with E-state index in [2.05, 4.69) is 126 Å². The molecule has 0 atom stereocenters. The average molecular weight is 639 g/mol. The molecule has 0 radical (unpaired) electrons. The number of hydrogen-bond acceptors (Lipinski definition) is 3. The second-order valence-corrected chi connectivity index (χ2v) is 12.8. The molecule has 1 aliphatic carbocycles. The molecule has 0 N–H and O–H groups in total. The monoisotopic (exact) mass is 638 g/mol. The van der Waals surface area contributed by atoms with Crippen LogP contribution >= 0.6 is 0 Å². The van der Waals surface area contributed by atoms with Crippen LogP contribution in [-0.2, 0) is 5.41 Å². The summed E-state index contributed by atoms with van der Waals surface area (Å²) >= 11 is 0. The molecule has 4 heteroatoms. The fraction of sp³-hybridized carbons (Fsp3) is 0.0217. The minimum atomic E-state index is -0.486. The topological polar surface area (TPSA) is 43.6 Å². The predicted molar refractivity (Wildman–Crippen MR) is 202 cm³/mol. The molecule has 234 valence electrons. The highest BCUT2D eigenvalue weighted by Crippen LogP contribution is 2.56. The lowest BCUT2D eigenvalue weighted by Gasteiger charge is -2.34. The molecular weight excluding hydrogens is 609 g/mol. The highest BCUT2D eigenvalue weighted by atomic mass is 15.2. The summed E-state index contributed by atoms with van der Waals surface area (Å²) in [5, 5.41) is 2.30. The first-order chi connectivity index (χ1) is 24.8. The normalized spacial score (nSPS) is 13.0. The van der Waals surface area contributed by atoms with E-state index in [1.54, 1.807) is 0 Å². The van der Waals surface area contributed by atoms with Gasteiger partial charge in [-0.1, -0.05) is 164 Å². The van der Waals surface area contributed by atoms with Gasteiger partial charge in [-0.3, -0.25) is 4.57 Å². The minimum absolute atomic E-state index is 0.486. The molecule has 2 aromatic heterocycles. The van der Waals surface area contributed by atoms with Crippen LogP contribution in [0.4, 0.5) is 0 Å². The summed E-state index contributed by atoms with van der Waals surface area (Å²) in [4.78, 5) is 15.2. The summed E-state index contributed by atoms with van der Waals surface area (Å²) in [6.07, 6.45) is 0.